The number of nitrogens with two attached hydrogens (primary N) is 1. The van der Waals surface area contributed by atoms with Gasteiger partial charge >= 0.3 is 0 Å². The van der Waals surface area contributed by atoms with E-state index >= 15 is 0 Å². The standard InChI is InChI=1S/C14H26ClN3/c1-6-11-13(15)12(18(7-2)17-11)8-14(5,9-16)10(3)4/h10H,6-9,16H2,1-5H3. The molecule has 0 aliphatic heterocycles. The highest BCUT2D eigenvalue weighted by Crippen LogP contribution is 2.34. The van der Waals surface area contributed by atoms with E-state index in [4.69, 9.17) is 17.3 Å². The van der Waals surface area contributed by atoms with Crippen LogP contribution >= 0.6 is 11.6 Å². The molecule has 3 nitrogen and oxygen atoms in total. The summed E-state index contributed by atoms with van der Waals surface area (Å²) in [5.41, 5.74) is 8.17. The molecule has 2 N–H and O–H groups in total. The topological polar surface area (TPSA) is 43.8 Å². The number of hydrogen-bond donors (Lipinski definition) is 1. The van der Waals surface area contributed by atoms with Gasteiger partial charge in [-0.2, -0.15) is 5.10 Å². The van der Waals surface area contributed by atoms with Crippen LogP contribution < -0.4 is 5.73 Å². The molecule has 1 rings (SSSR count). The molecule has 0 saturated heterocycles. The van der Waals surface area contributed by atoms with Crippen molar-refractivity contribution in [2.45, 2.75) is 54.0 Å². The van der Waals surface area contributed by atoms with Crippen LogP contribution in [0.15, 0.2) is 0 Å². The molecule has 1 aromatic rings. The summed E-state index contributed by atoms with van der Waals surface area (Å²) in [4.78, 5) is 0. The van der Waals surface area contributed by atoms with E-state index < -0.39 is 0 Å². The molecule has 0 fully saturated rings. The maximum Gasteiger partial charge on any atom is 0.0850 e. The van der Waals surface area contributed by atoms with Crippen molar-refractivity contribution in [2.24, 2.45) is 17.1 Å². The predicted molar refractivity (Wildman–Crippen MR) is 78.0 cm³/mol. The van der Waals surface area contributed by atoms with Crippen LogP contribution in [-0.4, -0.2) is 16.3 Å². The first-order valence-corrected chi connectivity index (χ1v) is 7.21. The molecule has 104 valence electrons. The van der Waals surface area contributed by atoms with E-state index in [2.05, 4.69) is 39.7 Å². The smallest absolute Gasteiger partial charge is 0.0850 e. The molecule has 1 unspecified atom stereocenters. The number of aromatic nitrogens is 2. The first-order valence-electron chi connectivity index (χ1n) is 6.83. The van der Waals surface area contributed by atoms with Gasteiger partial charge in [-0.05, 0) is 37.6 Å². The Hall–Kier alpha value is -0.540. The van der Waals surface area contributed by atoms with Crippen LogP contribution in [0.25, 0.3) is 0 Å². The molecule has 4 heteroatoms. The fraction of sp³-hybridized carbons (Fsp3) is 0.786. The second-order valence-electron chi connectivity index (χ2n) is 5.57. The lowest BCUT2D eigenvalue weighted by atomic mass is 9.75. The number of nitrogens with zero attached hydrogens (tertiary/aromatic N) is 2. The summed E-state index contributed by atoms with van der Waals surface area (Å²) in [6, 6.07) is 0. The largest absolute Gasteiger partial charge is 0.330 e. The molecule has 18 heavy (non-hydrogen) atoms. The van der Waals surface area contributed by atoms with Gasteiger partial charge in [-0.15, -0.1) is 0 Å². The van der Waals surface area contributed by atoms with Crippen LogP contribution in [0.3, 0.4) is 0 Å². The van der Waals surface area contributed by atoms with Gasteiger partial charge < -0.3 is 5.73 Å². The van der Waals surface area contributed by atoms with Gasteiger partial charge in [0.2, 0.25) is 0 Å². The minimum absolute atomic E-state index is 0.0710. The van der Waals surface area contributed by atoms with Gasteiger partial charge in [0.15, 0.2) is 0 Å². The molecule has 0 aliphatic rings. The minimum atomic E-state index is 0.0710. The second-order valence-corrected chi connectivity index (χ2v) is 5.94. The average molecular weight is 272 g/mol. The number of rotatable bonds is 6. The molecule has 0 radical (unpaired) electrons. The molecule has 0 aliphatic carbocycles. The Kier molecular flexibility index (Phi) is 5.23. The summed E-state index contributed by atoms with van der Waals surface area (Å²) in [5.74, 6) is 0.517. The maximum atomic E-state index is 6.45. The molecule has 0 bridgehead atoms. The summed E-state index contributed by atoms with van der Waals surface area (Å²) < 4.78 is 2.03. The fourth-order valence-electron chi connectivity index (χ4n) is 2.08. The van der Waals surface area contributed by atoms with Crippen molar-refractivity contribution in [3.05, 3.63) is 16.4 Å². The Morgan fingerprint density at radius 1 is 1.39 bits per heavy atom. The van der Waals surface area contributed by atoms with Gasteiger partial charge in [-0.3, -0.25) is 4.68 Å². The zero-order valence-corrected chi connectivity index (χ0v) is 13.0. The molecule has 0 saturated carbocycles. The zero-order valence-electron chi connectivity index (χ0n) is 12.3. The lowest BCUT2D eigenvalue weighted by Crippen LogP contribution is -2.35. The summed E-state index contributed by atoms with van der Waals surface area (Å²) >= 11 is 6.45. The van der Waals surface area contributed by atoms with E-state index in [1.165, 1.54) is 0 Å². The Morgan fingerprint density at radius 2 is 2.00 bits per heavy atom. The SMILES string of the molecule is CCc1nn(CC)c(CC(C)(CN)C(C)C)c1Cl. The third-order valence-electron chi connectivity index (χ3n) is 4.13. The molecular formula is C14H26ClN3. The second kappa shape index (κ2) is 6.07. The van der Waals surface area contributed by atoms with Crippen LogP contribution in [-0.2, 0) is 19.4 Å². The highest BCUT2D eigenvalue weighted by Gasteiger charge is 2.30. The van der Waals surface area contributed by atoms with Gasteiger partial charge in [0, 0.05) is 6.54 Å². The fourth-order valence-corrected chi connectivity index (χ4v) is 2.42. The number of aryl methyl sites for hydroxylation is 2. The van der Waals surface area contributed by atoms with Gasteiger partial charge in [0.25, 0.3) is 0 Å². The van der Waals surface area contributed by atoms with Crippen molar-refractivity contribution >= 4 is 11.6 Å². The molecule has 0 amide bonds. The van der Waals surface area contributed by atoms with E-state index in [9.17, 15) is 0 Å². The zero-order chi connectivity index (χ0) is 13.9. The maximum absolute atomic E-state index is 6.45. The van der Waals surface area contributed by atoms with Crippen molar-refractivity contribution in [2.75, 3.05) is 6.54 Å². The van der Waals surface area contributed by atoms with Gasteiger partial charge in [-0.1, -0.05) is 39.3 Å². The lowest BCUT2D eigenvalue weighted by molar-refractivity contribution is 0.222. The van der Waals surface area contributed by atoms with E-state index in [-0.39, 0.29) is 5.41 Å². The van der Waals surface area contributed by atoms with Crippen molar-refractivity contribution in [3.8, 4) is 0 Å². The van der Waals surface area contributed by atoms with E-state index in [0.29, 0.717) is 12.5 Å². The first kappa shape index (κ1) is 15.5. The number of hydrogen-bond acceptors (Lipinski definition) is 2. The van der Waals surface area contributed by atoms with Crippen LogP contribution in [0.1, 0.15) is 46.0 Å². The van der Waals surface area contributed by atoms with Gasteiger partial charge in [0.05, 0.1) is 16.4 Å². The van der Waals surface area contributed by atoms with Crippen LogP contribution in [0.2, 0.25) is 5.02 Å². The van der Waals surface area contributed by atoms with Crippen LogP contribution in [0.4, 0.5) is 0 Å². The molecular weight excluding hydrogens is 246 g/mol. The van der Waals surface area contributed by atoms with E-state index in [0.717, 1.165) is 35.8 Å². The molecule has 1 atom stereocenters. The van der Waals surface area contributed by atoms with Gasteiger partial charge in [-0.25, -0.2) is 0 Å². The van der Waals surface area contributed by atoms with E-state index in [1.807, 2.05) is 4.68 Å². The molecule has 0 spiro atoms. The Balaban J connectivity index is 3.13. The Bertz CT molecular complexity index is 398. The summed E-state index contributed by atoms with van der Waals surface area (Å²) in [6.07, 6.45) is 1.76. The average Bonchev–Trinajstić information content (AvgIpc) is 2.65. The first-order chi connectivity index (χ1) is 8.39. The Labute approximate surface area is 116 Å². The summed E-state index contributed by atoms with van der Waals surface area (Å²) in [7, 11) is 0. The molecule has 1 heterocycles. The molecule has 0 aromatic carbocycles. The van der Waals surface area contributed by atoms with Crippen molar-refractivity contribution in [1.82, 2.24) is 9.78 Å². The van der Waals surface area contributed by atoms with Crippen LogP contribution in [0.5, 0.6) is 0 Å². The highest BCUT2D eigenvalue weighted by molar-refractivity contribution is 6.31. The third-order valence-corrected chi connectivity index (χ3v) is 4.56. The monoisotopic (exact) mass is 271 g/mol. The van der Waals surface area contributed by atoms with Gasteiger partial charge in [0.1, 0.15) is 0 Å². The quantitative estimate of drug-likeness (QED) is 0.863. The van der Waals surface area contributed by atoms with E-state index in [1.54, 1.807) is 0 Å². The lowest BCUT2D eigenvalue weighted by Gasteiger charge is -2.32. The third kappa shape index (κ3) is 2.89. The number of halogens is 1. The van der Waals surface area contributed by atoms with Crippen molar-refractivity contribution in [1.29, 1.82) is 0 Å². The summed E-state index contributed by atoms with van der Waals surface area (Å²) in [6.45, 7) is 12.4. The minimum Gasteiger partial charge on any atom is -0.330 e. The summed E-state index contributed by atoms with van der Waals surface area (Å²) in [5, 5.41) is 5.40. The van der Waals surface area contributed by atoms with Crippen molar-refractivity contribution < 1.29 is 0 Å². The highest BCUT2D eigenvalue weighted by atomic mass is 35.5. The van der Waals surface area contributed by atoms with Crippen molar-refractivity contribution in [3.63, 3.8) is 0 Å². The molecule has 1 aromatic heterocycles. The predicted octanol–water partition coefficient (Wildman–Crippen LogP) is 3.28. The Morgan fingerprint density at radius 3 is 2.39 bits per heavy atom. The normalized spacial score (nSPS) is 15.1. The van der Waals surface area contributed by atoms with Crippen LogP contribution in [0, 0.1) is 11.3 Å².